The molecule has 5 heteroatoms. The molecule has 2 N–H and O–H groups in total. The van der Waals surface area contributed by atoms with Gasteiger partial charge in [0.05, 0.1) is 11.4 Å². The number of nitrogens with two attached hydrogens (primary N) is 1. The lowest BCUT2D eigenvalue weighted by Crippen LogP contribution is -2.29. The van der Waals surface area contributed by atoms with E-state index in [4.69, 9.17) is 5.73 Å². The molecule has 88 valence electrons. The predicted octanol–water partition coefficient (Wildman–Crippen LogP) is 1.08. The summed E-state index contributed by atoms with van der Waals surface area (Å²) < 4.78 is 1.28. The summed E-state index contributed by atoms with van der Waals surface area (Å²) in [5.41, 5.74) is 5.21. The second-order valence-corrected chi connectivity index (χ2v) is 4.10. The third-order valence-electron chi connectivity index (χ3n) is 2.55. The van der Waals surface area contributed by atoms with Gasteiger partial charge in [-0.05, 0) is 19.9 Å². The van der Waals surface area contributed by atoms with Crippen molar-refractivity contribution in [1.29, 1.82) is 0 Å². The van der Waals surface area contributed by atoms with Crippen LogP contribution in [0.2, 0.25) is 0 Å². The van der Waals surface area contributed by atoms with Gasteiger partial charge in [0, 0.05) is 5.39 Å². The fourth-order valence-electron chi connectivity index (χ4n) is 1.74. The maximum absolute atomic E-state index is 12.1. The van der Waals surface area contributed by atoms with Crippen LogP contribution in [0.25, 0.3) is 10.8 Å². The monoisotopic (exact) mass is 231 g/mol. The Morgan fingerprint density at radius 1 is 1.29 bits per heavy atom. The zero-order valence-corrected chi connectivity index (χ0v) is 9.68. The van der Waals surface area contributed by atoms with Crippen LogP contribution in [0.3, 0.4) is 0 Å². The highest BCUT2D eigenvalue weighted by atomic mass is 16.1. The molecule has 1 amide bonds. The number of primary amides is 1. The van der Waals surface area contributed by atoms with Crippen molar-refractivity contribution in [2.45, 2.75) is 19.9 Å². The summed E-state index contributed by atoms with van der Waals surface area (Å²) in [5, 5.41) is 4.99. The van der Waals surface area contributed by atoms with Gasteiger partial charge in [0.15, 0.2) is 5.69 Å². The summed E-state index contributed by atoms with van der Waals surface area (Å²) >= 11 is 0. The Kier molecular flexibility index (Phi) is 2.67. The van der Waals surface area contributed by atoms with Gasteiger partial charge in [0.1, 0.15) is 0 Å². The van der Waals surface area contributed by atoms with E-state index in [9.17, 15) is 9.59 Å². The molecule has 1 aromatic carbocycles. The number of carbonyl (C=O) groups is 1. The Labute approximate surface area is 97.9 Å². The number of benzene rings is 1. The average molecular weight is 231 g/mol. The summed E-state index contributed by atoms with van der Waals surface area (Å²) in [6.07, 6.45) is 0. The lowest BCUT2D eigenvalue weighted by molar-refractivity contribution is 0.0995. The number of fused-ring (bicyclic) bond motifs is 1. The van der Waals surface area contributed by atoms with Gasteiger partial charge < -0.3 is 5.73 Å². The highest BCUT2D eigenvalue weighted by Gasteiger charge is 2.15. The molecule has 0 fully saturated rings. The summed E-state index contributed by atoms with van der Waals surface area (Å²) in [6, 6.07) is 6.72. The first-order chi connectivity index (χ1) is 8.02. The normalized spacial score (nSPS) is 11.0. The fraction of sp³-hybridized carbons (Fsp3) is 0.250. The number of hydrogen-bond acceptors (Lipinski definition) is 3. The zero-order chi connectivity index (χ0) is 12.6. The maximum Gasteiger partial charge on any atom is 0.274 e. The molecule has 0 atom stereocenters. The fourth-order valence-corrected chi connectivity index (χ4v) is 1.74. The molecular formula is C12H13N3O2. The van der Waals surface area contributed by atoms with Gasteiger partial charge in [-0.25, -0.2) is 4.68 Å². The van der Waals surface area contributed by atoms with E-state index >= 15 is 0 Å². The van der Waals surface area contributed by atoms with Gasteiger partial charge in [-0.2, -0.15) is 5.10 Å². The Hall–Kier alpha value is -2.17. The number of rotatable bonds is 2. The first-order valence-electron chi connectivity index (χ1n) is 5.33. The van der Waals surface area contributed by atoms with E-state index in [2.05, 4.69) is 5.10 Å². The van der Waals surface area contributed by atoms with Gasteiger partial charge in [0.25, 0.3) is 11.5 Å². The van der Waals surface area contributed by atoms with E-state index in [1.807, 2.05) is 13.8 Å². The van der Waals surface area contributed by atoms with Crippen molar-refractivity contribution in [3.63, 3.8) is 0 Å². The molecule has 0 bridgehead atoms. The molecule has 17 heavy (non-hydrogen) atoms. The smallest absolute Gasteiger partial charge is 0.274 e. The zero-order valence-electron chi connectivity index (χ0n) is 9.68. The van der Waals surface area contributed by atoms with Crippen LogP contribution in [0.15, 0.2) is 29.1 Å². The quantitative estimate of drug-likeness (QED) is 0.839. The number of nitrogens with zero attached hydrogens (tertiary/aromatic N) is 2. The van der Waals surface area contributed by atoms with Crippen molar-refractivity contribution in [2.75, 3.05) is 0 Å². The van der Waals surface area contributed by atoms with Crippen LogP contribution in [0.5, 0.6) is 0 Å². The van der Waals surface area contributed by atoms with Crippen LogP contribution < -0.4 is 11.3 Å². The molecule has 0 unspecified atom stereocenters. The molecule has 0 spiro atoms. The molecule has 0 saturated carbocycles. The standard InChI is InChI=1S/C12H13N3O2/c1-7(2)15-12(17)9-6-4-3-5-8(9)10(14-15)11(13)16/h3-7H,1-2H3,(H2,13,16). The molecular weight excluding hydrogens is 218 g/mol. The highest BCUT2D eigenvalue weighted by Crippen LogP contribution is 2.13. The lowest BCUT2D eigenvalue weighted by Gasteiger charge is -2.11. The Bertz CT molecular complexity index is 644. The van der Waals surface area contributed by atoms with Gasteiger partial charge in [-0.3, -0.25) is 9.59 Å². The molecule has 2 rings (SSSR count). The van der Waals surface area contributed by atoms with Gasteiger partial charge in [-0.15, -0.1) is 0 Å². The van der Waals surface area contributed by atoms with E-state index in [0.29, 0.717) is 10.8 Å². The molecule has 2 aromatic rings. The van der Waals surface area contributed by atoms with Crippen LogP contribution in [0.4, 0.5) is 0 Å². The third-order valence-corrected chi connectivity index (χ3v) is 2.55. The second kappa shape index (κ2) is 4.01. The van der Waals surface area contributed by atoms with Gasteiger partial charge in [0.2, 0.25) is 0 Å². The van der Waals surface area contributed by atoms with Crippen molar-refractivity contribution in [2.24, 2.45) is 5.73 Å². The van der Waals surface area contributed by atoms with Gasteiger partial charge >= 0.3 is 0 Å². The van der Waals surface area contributed by atoms with Crippen molar-refractivity contribution in [1.82, 2.24) is 9.78 Å². The van der Waals surface area contributed by atoms with Crippen LogP contribution in [0, 0.1) is 0 Å². The van der Waals surface area contributed by atoms with Crippen molar-refractivity contribution in [3.05, 3.63) is 40.3 Å². The van der Waals surface area contributed by atoms with E-state index in [0.717, 1.165) is 0 Å². The molecule has 0 aliphatic carbocycles. The molecule has 0 saturated heterocycles. The summed E-state index contributed by atoms with van der Waals surface area (Å²) in [4.78, 5) is 23.4. The van der Waals surface area contributed by atoms with Crippen LogP contribution in [-0.2, 0) is 0 Å². The number of carbonyl (C=O) groups excluding carboxylic acids is 1. The summed E-state index contributed by atoms with van der Waals surface area (Å²) in [5.74, 6) is -0.629. The first-order valence-corrected chi connectivity index (χ1v) is 5.33. The van der Waals surface area contributed by atoms with E-state index < -0.39 is 5.91 Å². The Morgan fingerprint density at radius 3 is 2.41 bits per heavy atom. The molecule has 0 aliphatic rings. The van der Waals surface area contributed by atoms with Crippen molar-refractivity contribution >= 4 is 16.7 Å². The summed E-state index contributed by atoms with van der Waals surface area (Å²) in [6.45, 7) is 3.65. The minimum Gasteiger partial charge on any atom is -0.364 e. The molecule has 0 radical (unpaired) electrons. The third kappa shape index (κ3) is 1.80. The minimum atomic E-state index is -0.629. The topological polar surface area (TPSA) is 78.0 Å². The van der Waals surface area contributed by atoms with Crippen molar-refractivity contribution in [3.8, 4) is 0 Å². The van der Waals surface area contributed by atoms with Gasteiger partial charge in [-0.1, -0.05) is 18.2 Å². The highest BCUT2D eigenvalue weighted by molar-refractivity contribution is 6.03. The van der Waals surface area contributed by atoms with Crippen LogP contribution in [0.1, 0.15) is 30.4 Å². The number of aromatic nitrogens is 2. The largest absolute Gasteiger partial charge is 0.364 e. The first kappa shape index (κ1) is 11.3. The molecule has 1 aromatic heterocycles. The Balaban J connectivity index is 2.95. The SMILES string of the molecule is CC(C)n1nc(C(N)=O)c2ccccc2c1=O. The molecule has 0 aliphatic heterocycles. The number of amides is 1. The maximum atomic E-state index is 12.1. The number of hydrogen-bond donors (Lipinski definition) is 1. The molecule has 1 heterocycles. The average Bonchev–Trinajstić information content (AvgIpc) is 2.29. The van der Waals surface area contributed by atoms with E-state index in [1.165, 1.54) is 4.68 Å². The van der Waals surface area contributed by atoms with Crippen LogP contribution in [-0.4, -0.2) is 15.7 Å². The summed E-state index contributed by atoms with van der Waals surface area (Å²) in [7, 11) is 0. The lowest BCUT2D eigenvalue weighted by atomic mass is 10.1. The minimum absolute atomic E-state index is 0.120. The predicted molar refractivity (Wildman–Crippen MR) is 64.9 cm³/mol. The van der Waals surface area contributed by atoms with E-state index in [1.54, 1.807) is 24.3 Å². The Morgan fingerprint density at radius 2 is 1.88 bits per heavy atom. The molecule has 5 nitrogen and oxygen atoms in total. The second-order valence-electron chi connectivity index (χ2n) is 4.10. The van der Waals surface area contributed by atoms with E-state index in [-0.39, 0.29) is 17.3 Å². The van der Waals surface area contributed by atoms with Crippen LogP contribution >= 0.6 is 0 Å². The van der Waals surface area contributed by atoms with Crippen molar-refractivity contribution < 1.29 is 4.79 Å².